The molecular weight excluding hydrogens is 194 g/mol. The third kappa shape index (κ3) is 3.21. The van der Waals surface area contributed by atoms with Crippen molar-refractivity contribution in [1.29, 1.82) is 0 Å². The molecule has 0 aromatic carbocycles. The SMILES string of the molecule is Cc1cccc(=O)n1CCCC(=O)NN. The zero-order chi connectivity index (χ0) is 11.3. The molecular formula is C10H15N3O2. The summed E-state index contributed by atoms with van der Waals surface area (Å²) in [7, 11) is 0. The molecule has 0 aliphatic rings. The number of nitrogens with one attached hydrogen (secondary N) is 1. The van der Waals surface area contributed by atoms with Crippen LogP contribution in [-0.4, -0.2) is 10.5 Å². The molecule has 1 amide bonds. The fourth-order valence-electron chi connectivity index (χ4n) is 1.38. The Hall–Kier alpha value is -1.62. The van der Waals surface area contributed by atoms with E-state index in [1.165, 1.54) is 6.07 Å². The number of hydrogen-bond donors (Lipinski definition) is 2. The lowest BCUT2D eigenvalue weighted by Gasteiger charge is -2.08. The van der Waals surface area contributed by atoms with Gasteiger partial charge in [0, 0.05) is 24.7 Å². The van der Waals surface area contributed by atoms with Crippen LogP contribution in [0.3, 0.4) is 0 Å². The highest BCUT2D eigenvalue weighted by molar-refractivity contribution is 5.75. The lowest BCUT2D eigenvalue weighted by atomic mass is 10.2. The molecule has 0 bridgehead atoms. The summed E-state index contributed by atoms with van der Waals surface area (Å²) >= 11 is 0. The maximum atomic E-state index is 11.4. The smallest absolute Gasteiger partial charge is 0.250 e. The van der Waals surface area contributed by atoms with Gasteiger partial charge in [-0.3, -0.25) is 15.0 Å². The third-order valence-corrected chi connectivity index (χ3v) is 2.21. The summed E-state index contributed by atoms with van der Waals surface area (Å²) in [5.74, 6) is 4.73. The van der Waals surface area contributed by atoms with Crippen molar-refractivity contribution in [2.75, 3.05) is 0 Å². The maximum Gasteiger partial charge on any atom is 0.250 e. The largest absolute Gasteiger partial charge is 0.313 e. The van der Waals surface area contributed by atoms with Crippen molar-refractivity contribution in [2.45, 2.75) is 26.3 Å². The molecule has 1 aromatic heterocycles. The van der Waals surface area contributed by atoms with Gasteiger partial charge in [0.05, 0.1) is 0 Å². The molecule has 1 aromatic rings. The molecule has 0 aliphatic carbocycles. The molecule has 0 saturated carbocycles. The lowest BCUT2D eigenvalue weighted by molar-refractivity contribution is -0.121. The molecule has 82 valence electrons. The van der Waals surface area contributed by atoms with Crippen molar-refractivity contribution < 1.29 is 4.79 Å². The zero-order valence-corrected chi connectivity index (χ0v) is 8.69. The van der Waals surface area contributed by atoms with E-state index in [4.69, 9.17) is 5.84 Å². The number of aromatic nitrogens is 1. The fourth-order valence-corrected chi connectivity index (χ4v) is 1.38. The third-order valence-electron chi connectivity index (χ3n) is 2.21. The van der Waals surface area contributed by atoms with Gasteiger partial charge in [-0.1, -0.05) is 6.07 Å². The van der Waals surface area contributed by atoms with E-state index in [0.717, 1.165) is 5.69 Å². The first-order valence-electron chi connectivity index (χ1n) is 4.81. The first-order chi connectivity index (χ1) is 7.15. The second-order valence-electron chi connectivity index (χ2n) is 3.33. The highest BCUT2D eigenvalue weighted by atomic mass is 16.2. The van der Waals surface area contributed by atoms with Gasteiger partial charge in [0.2, 0.25) is 5.91 Å². The number of rotatable bonds is 4. The standard InChI is InChI=1S/C10H15N3O2/c1-8-4-2-6-10(15)13(8)7-3-5-9(14)12-11/h2,4,6H,3,5,7,11H2,1H3,(H,12,14). The lowest BCUT2D eigenvalue weighted by Crippen LogP contribution is -2.30. The Morgan fingerprint density at radius 1 is 1.53 bits per heavy atom. The number of nitrogens with zero attached hydrogens (tertiary/aromatic N) is 1. The molecule has 0 saturated heterocycles. The van der Waals surface area contributed by atoms with Crippen molar-refractivity contribution in [3.05, 3.63) is 34.2 Å². The normalized spacial score (nSPS) is 10.0. The van der Waals surface area contributed by atoms with Gasteiger partial charge in [-0.2, -0.15) is 0 Å². The summed E-state index contributed by atoms with van der Waals surface area (Å²) in [6.07, 6.45) is 0.936. The van der Waals surface area contributed by atoms with Crippen LogP contribution < -0.4 is 16.8 Å². The average molecular weight is 209 g/mol. The van der Waals surface area contributed by atoms with Crippen LogP contribution >= 0.6 is 0 Å². The molecule has 0 radical (unpaired) electrons. The van der Waals surface area contributed by atoms with Crippen LogP contribution in [0.2, 0.25) is 0 Å². The van der Waals surface area contributed by atoms with Crippen LogP contribution in [0.1, 0.15) is 18.5 Å². The minimum atomic E-state index is -0.211. The molecule has 0 aliphatic heterocycles. The van der Waals surface area contributed by atoms with Gasteiger partial charge in [0.1, 0.15) is 0 Å². The zero-order valence-electron chi connectivity index (χ0n) is 8.69. The number of nitrogens with two attached hydrogens (primary N) is 1. The Morgan fingerprint density at radius 2 is 2.27 bits per heavy atom. The van der Waals surface area contributed by atoms with Crippen molar-refractivity contribution in [3.63, 3.8) is 0 Å². The monoisotopic (exact) mass is 209 g/mol. The van der Waals surface area contributed by atoms with Crippen LogP contribution in [-0.2, 0) is 11.3 Å². The Balaban J connectivity index is 2.58. The molecule has 1 heterocycles. The highest BCUT2D eigenvalue weighted by Gasteiger charge is 2.01. The van der Waals surface area contributed by atoms with E-state index in [-0.39, 0.29) is 11.5 Å². The van der Waals surface area contributed by atoms with E-state index >= 15 is 0 Å². The Kier molecular flexibility index (Phi) is 4.05. The maximum absolute atomic E-state index is 11.4. The fraction of sp³-hybridized carbons (Fsp3) is 0.400. The van der Waals surface area contributed by atoms with Crippen molar-refractivity contribution in [1.82, 2.24) is 9.99 Å². The van der Waals surface area contributed by atoms with Crippen LogP contribution in [0.25, 0.3) is 0 Å². The number of carbonyl (C=O) groups excluding carboxylic acids is 1. The first kappa shape index (κ1) is 11.5. The molecule has 3 N–H and O–H groups in total. The topological polar surface area (TPSA) is 77.1 Å². The molecule has 0 atom stereocenters. The number of carbonyl (C=O) groups is 1. The van der Waals surface area contributed by atoms with E-state index in [1.54, 1.807) is 10.6 Å². The number of pyridine rings is 1. The molecule has 15 heavy (non-hydrogen) atoms. The molecule has 5 nitrogen and oxygen atoms in total. The van der Waals surface area contributed by atoms with E-state index in [9.17, 15) is 9.59 Å². The number of aryl methyl sites for hydroxylation is 1. The van der Waals surface area contributed by atoms with E-state index in [1.807, 2.05) is 13.0 Å². The molecule has 0 unspecified atom stereocenters. The van der Waals surface area contributed by atoms with Gasteiger partial charge in [-0.15, -0.1) is 0 Å². The highest BCUT2D eigenvalue weighted by Crippen LogP contribution is 1.97. The van der Waals surface area contributed by atoms with Crippen LogP contribution in [0.5, 0.6) is 0 Å². The van der Waals surface area contributed by atoms with Gasteiger partial charge >= 0.3 is 0 Å². The average Bonchev–Trinajstić information content (AvgIpc) is 2.22. The van der Waals surface area contributed by atoms with Crippen molar-refractivity contribution >= 4 is 5.91 Å². The minimum Gasteiger partial charge on any atom is -0.313 e. The summed E-state index contributed by atoms with van der Waals surface area (Å²) in [5.41, 5.74) is 2.91. The van der Waals surface area contributed by atoms with Crippen molar-refractivity contribution in [3.8, 4) is 0 Å². The van der Waals surface area contributed by atoms with Crippen molar-refractivity contribution in [2.24, 2.45) is 5.84 Å². The van der Waals surface area contributed by atoms with Crippen LogP contribution in [0.15, 0.2) is 23.0 Å². The first-order valence-corrected chi connectivity index (χ1v) is 4.81. The van der Waals surface area contributed by atoms with Crippen LogP contribution in [0.4, 0.5) is 0 Å². The molecule has 0 spiro atoms. The molecule has 5 heteroatoms. The van der Waals surface area contributed by atoms with Gasteiger partial charge in [-0.25, -0.2) is 5.84 Å². The molecule has 0 fully saturated rings. The summed E-state index contributed by atoms with van der Waals surface area (Å²) in [6, 6.07) is 5.10. The Bertz CT molecular complexity index is 398. The van der Waals surface area contributed by atoms with E-state index < -0.39 is 0 Å². The number of hydrazine groups is 1. The summed E-state index contributed by atoms with van der Waals surface area (Å²) in [6.45, 7) is 2.41. The quantitative estimate of drug-likeness (QED) is 0.414. The van der Waals surface area contributed by atoms with Crippen LogP contribution in [0, 0.1) is 6.92 Å². The number of hydrogen-bond acceptors (Lipinski definition) is 3. The van der Waals surface area contributed by atoms with Gasteiger partial charge < -0.3 is 4.57 Å². The van der Waals surface area contributed by atoms with E-state index in [2.05, 4.69) is 5.43 Å². The van der Waals surface area contributed by atoms with Gasteiger partial charge in [0.25, 0.3) is 5.56 Å². The Labute approximate surface area is 87.9 Å². The predicted octanol–water partition coefficient (Wildman–Crippen LogP) is -0.0732. The second kappa shape index (κ2) is 5.31. The summed E-state index contributed by atoms with van der Waals surface area (Å²) in [4.78, 5) is 22.3. The summed E-state index contributed by atoms with van der Waals surface area (Å²) in [5, 5.41) is 0. The van der Waals surface area contributed by atoms with E-state index in [0.29, 0.717) is 19.4 Å². The predicted molar refractivity (Wildman–Crippen MR) is 57.0 cm³/mol. The second-order valence-corrected chi connectivity index (χ2v) is 3.33. The van der Waals surface area contributed by atoms with Gasteiger partial charge in [-0.05, 0) is 19.4 Å². The number of amides is 1. The Morgan fingerprint density at radius 3 is 2.87 bits per heavy atom. The molecule has 1 rings (SSSR count). The minimum absolute atomic E-state index is 0.0387. The summed E-state index contributed by atoms with van der Waals surface area (Å²) < 4.78 is 1.64. The van der Waals surface area contributed by atoms with Gasteiger partial charge in [0.15, 0.2) is 0 Å².